The van der Waals surface area contributed by atoms with Crippen molar-refractivity contribution < 1.29 is 4.74 Å². The van der Waals surface area contributed by atoms with Crippen LogP contribution in [0.5, 0.6) is 0 Å². The van der Waals surface area contributed by atoms with Crippen LogP contribution in [0.2, 0.25) is 0 Å². The highest BCUT2D eigenvalue weighted by molar-refractivity contribution is 5.19. The van der Waals surface area contributed by atoms with Gasteiger partial charge in [-0.3, -0.25) is 0 Å². The molecule has 4 rings (SSSR count). The van der Waals surface area contributed by atoms with Crippen LogP contribution in [0.15, 0.2) is 12.2 Å². The van der Waals surface area contributed by atoms with Crippen LogP contribution in [0.3, 0.4) is 0 Å². The van der Waals surface area contributed by atoms with E-state index in [0.29, 0.717) is 12.0 Å². The van der Waals surface area contributed by atoms with Crippen LogP contribution in [0.4, 0.5) is 0 Å². The van der Waals surface area contributed by atoms with Gasteiger partial charge >= 0.3 is 0 Å². The first-order valence-electron chi connectivity index (χ1n) is 5.51. The molecule has 0 aliphatic heterocycles. The van der Waals surface area contributed by atoms with E-state index in [2.05, 4.69) is 6.58 Å². The van der Waals surface area contributed by atoms with Crippen molar-refractivity contribution in [1.29, 1.82) is 0 Å². The van der Waals surface area contributed by atoms with Crippen molar-refractivity contribution in [2.45, 2.75) is 31.8 Å². The van der Waals surface area contributed by atoms with Gasteiger partial charge in [-0.1, -0.05) is 12.2 Å². The van der Waals surface area contributed by atoms with Crippen molar-refractivity contribution in [2.75, 3.05) is 7.11 Å². The largest absolute Gasteiger partial charge is 0.381 e. The normalized spacial score (nSPS) is 53.0. The molecule has 4 saturated carbocycles. The van der Waals surface area contributed by atoms with Gasteiger partial charge in [0.2, 0.25) is 0 Å². The summed E-state index contributed by atoms with van der Waals surface area (Å²) in [5, 5.41) is 0. The minimum absolute atomic E-state index is 0.514. The highest BCUT2D eigenvalue weighted by Gasteiger charge is 2.50. The van der Waals surface area contributed by atoms with E-state index in [1.54, 1.807) is 0 Å². The summed E-state index contributed by atoms with van der Waals surface area (Å²) in [6, 6.07) is 0. The van der Waals surface area contributed by atoms with Gasteiger partial charge in [-0.05, 0) is 43.4 Å². The Labute approximate surface area is 80.2 Å². The van der Waals surface area contributed by atoms with E-state index < -0.39 is 0 Å². The predicted molar refractivity (Wildman–Crippen MR) is 52.4 cm³/mol. The molecule has 0 radical (unpaired) electrons. The Morgan fingerprint density at radius 2 is 2.08 bits per heavy atom. The van der Waals surface area contributed by atoms with E-state index in [-0.39, 0.29) is 0 Å². The fourth-order valence-electron chi connectivity index (χ4n) is 4.09. The van der Waals surface area contributed by atoms with Crippen LogP contribution in [0, 0.1) is 23.7 Å². The molecule has 4 fully saturated rings. The van der Waals surface area contributed by atoms with Gasteiger partial charge in [0.15, 0.2) is 0 Å². The first-order chi connectivity index (χ1) is 6.29. The van der Waals surface area contributed by atoms with Crippen molar-refractivity contribution in [3.63, 3.8) is 0 Å². The average Bonchev–Trinajstić information content (AvgIpc) is 2.13. The van der Waals surface area contributed by atoms with Crippen LogP contribution in [0.25, 0.3) is 0 Å². The summed E-state index contributed by atoms with van der Waals surface area (Å²) in [6.07, 6.45) is 6.11. The topological polar surface area (TPSA) is 9.23 Å². The van der Waals surface area contributed by atoms with Gasteiger partial charge < -0.3 is 4.74 Å². The molecule has 0 amide bonds. The first-order valence-corrected chi connectivity index (χ1v) is 5.51. The smallest absolute Gasteiger partial charge is 0.0665 e. The van der Waals surface area contributed by atoms with E-state index in [9.17, 15) is 0 Å². The Kier molecular flexibility index (Phi) is 1.61. The molecule has 1 nitrogen and oxygen atoms in total. The van der Waals surface area contributed by atoms with Crippen molar-refractivity contribution in [2.24, 2.45) is 23.7 Å². The van der Waals surface area contributed by atoms with Crippen LogP contribution in [0.1, 0.15) is 25.7 Å². The average molecular weight is 178 g/mol. The fraction of sp³-hybridized carbons (Fsp3) is 0.833. The Hall–Kier alpha value is -0.300. The van der Waals surface area contributed by atoms with Crippen molar-refractivity contribution >= 4 is 0 Å². The lowest BCUT2D eigenvalue weighted by molar-refractivity contribution is -0.0800. The zero-order valence-electron chi connectivity index (χ0n) is 8.33. The quantitative estimate of drug-likeness (QED) is 0.561. The van der Waals surface area contributed by atoms with Gasteiger partial charge in [0.05, 0.1) is 6.10 Å². The minimum atomic E-state index is 0.514. The second-order valence-corrected chi connectivity index (χ2v) is 5.15. The Balaban J connectivity index is 1.94. The molecule has 4 aliphatic carbocycles. The number of ether oxygens (including phenoxy) is 1. The summed E-state index contributed by atoms with van der Waals surface area (Å²) >= 11 is 0. The molecule has 0 aromatic carbocycles. The highest BCUT2D eigenvalue weighted by atomic mass is 16.5. The maximum Gasteiger partial charge on any atom is 0.0665 e. The lowest BCUT2D eigenvalue weighted by atomic mass is 9.53. The lowest BCUT2D eigenvalue weighted by Gasteiger charge is -2.54. The lowest BCUT2D eigenvalue weighted by Crippen LogP contribution is -2.50. The first kappa shape index (κ1) is 8.05. The molecule has 13 heavy (non-hydrogen) atoms. The predicted octanol–water partition coefficient (Wildman–Crippen LogP) is 2.62. The van der Waals surface area contributed by atoms with Crippen LogP contribution < -0.4 is 0 Å². The molecular weight excluding hydrogens is 160 g/mol. The molecule has 0 aromatic heterocycles. The summed E-state index contributed by atoms with van der Waals surface area (Å²) in [6.45, 7) is 4.27. The summed E-state index contributed by atoms with van der Waals surface area (Å²) in [4.78, 5) is 0. The van der Waals surface area contributed by atoms with E-state index in [1.807, 2.05) is 7.11 Å². The minimum Gasteiger partial charge on any atom is -0.381 e. The van der Waals surface area contributed by atoms with Gasteiger partial charge in [-0.2, -0.15) is 0 Å². The molecule has 0 heterocycles. The van der Waals surface area contributed by atoms with E-state index in [0.717, 1.165) is 17.8 Å². The van der Waals surface area contributed by atoms with Crippen LogP contribution >= 0.6 is 0 Å². The van der Waals surface area contributed by atoms with Gasteiger partial charge in [-0.25, -0.2) is 0 Å². The molecule has 72 valence electrons. The molecule has 5 unspecified atom stereocenters. The third-order valence-electron chi connectivity index (χ3n) is 4.56. The second-order valence-electron chi connectivity index (χ2n) is 5.15. The molecule has 4 aliphatic rings. The maximum atomic E-state index is 5.64. The summed E-state index contributed by atoms with van der Waals surface area (Å²) < 4.78 is 5.64. The van der Waals surface area contributed by atoms with Gasteiger partial charge in [0, 0.05) is 13.0 Å². The van der Waals surface area contributed by atoms with Crippen LogP contribution in [-0.2, 0) is 4.74 Å². The highest BCUT2D eigenvalue weighted by Crippen LogP contribution is 2.56. The molecular formula is C12H18O. The van der Waals surface area contributed by atoms with E-state index in [4.69, 9.17) is 4.74 Å². The molecule has 0 N–H and O–H groups in total. The fourth-order valence-corrected chi connectivity index (χ4v) is 4.09. The van der Waals surface area contributed by atoms with Gasteiger partial charge in [0.1, 0.15) is 0 Å². The Morgan fingerprint density at radius 1 is 1.23 bits per heavy atom. The van der Waals surface area contributed by atoms with Gasteiger partial charge in [-0.15, -0.1) is 0 Å². The maximum absolute atomic E-state index is 5.64. The van der Waals surface area contributed by atoms with Crippen molar-refractivity contribution in [1.82, 2.24) is 0 Å². The third-order valence-corrected chi connectivity index (χ3v) is 4.56. The number of hydrogen-bond donors (Lipinski definition) is 0. The second kappa shape index (κ2) is 2.60. The van der Waals surface area contributed by atoms with Gasteiger partial charge in [0.25, 0.3) is 0 Å². The molecule has 4 bridgehead atoms. The Morgan fingerprint density at radius 3 is 2.85 bits per heavy atom. The van der Waals surface area contributed by atoms with Crippen molar-refractivity contribution in [3.05, 3.63) is 12.2 Å². The monoisotopic (exact) mass is 178 g/mol. The van der Waals surface area contributed by atoms with Crippen molar-refractivity contribution in [3.8, 4) is 0 Å². The molecule has 1 heteroatoms. The molecule has 0 saturated heterocycles. The summed E-state index contributed by atoms with van der Waals surface area (Å²) in [7, 11) is 1.88. The standard InChI is InChI=1S/C12H18O/c1-7-9-3-8-4-10(6-9)12(13-2)11(7)5-8/h8-12H,1,3-6H2,2H3. The van der Waals surface area contributed by atoms with E-state index in [1.165, 1.54) is 31.3 Å². The zero-order valence-corrected chi connectivity index (χ0v) is 8.33. The number of rotatable bonds is 1. The Bertz CT molecular complexity index is 246. The third kappa shape index (κ3) is 0.969. The zero-order chi connectivity index (χ0) is 9.00. The SMILES string of the molecule is C=C1C2CC3CC(C2)C(OC)C1C3. The van der Waals surface area contributed by atoms with E-state index >= 15 is 0 Å². The summed E-state index contributed by atoms with van der Waals surface area (Å²) in [5.74, 6) is 3.43. The molecule has 0 aromatic rings. The van der Waals surface area contributed by atoms with Crippen LogP contribution in [-0.4, -0.2) is 13.2 Å². The summed E-state index contributed by atoms with van der Waals surface area (Å²) in [5.41, 5.74) is 1.51. The number of methoxy groups -OCH3 is 1. The number of hydrogen-bond acceptors (Lipinski definition) is 1. The molecule has 5 atom stereocenters. The molecule has 0 spiro atoms.